The number of aryl methyl sites for hydroxylation is 4. The van der Waals surface area contributed by atoms with E-state index in [1.165, 1.54) is 22.3 Å². The number of allylic oxidation sites excluding steroid dienone is 2. The van der Waals surface area contributed by atoms with Crippen LogP contribution in [0, 0.1) is 27.7 Å². The summed E-state index contributed by atoms with van der Waals surface area (Å²) in [7, 11) is 0. The molecule has 4 aromatic rings. The normalized spacial score (nSPS) is 13.8. The van der Waals surface area contributed by atoms with Crippen LogP contribution in [0.3, 0.4) is 0 Å². The van der Waals surface area contributed by atoms with Crippen LogP contribution in [0.25, 0.3) is 0 Å². The van der Waals surface area contributed by atoms with Crippen LogP contribution in [0.4, 0.5) is 22.7 Å². The summed E-state index contributed by atoms with van der Waals surface area (Å²) >= 11 is 0. The van der Waals surface area contributed by atoms with Gasteiger partial charge in [0, 0.05) is 33.9 Å². The van der Waals surface area contributed by atoms with Crippen LogP contribution >= 0.6 is 0 Å². The van der Waals surface area contributed by atoms with Gasteiger partial charge in [-0.2, -0.15) is 0 Å². The van der Waals surface area contributed by atoms with Crippen LogP contribution in [0.15, 0.2) is 140 Å². The third kappa shape index (κ3) is 7.61. The quantitative estimate of drug-likeness (QED) is 0.163. The molecule has 242 valence electrons. The Labute approximate surface area is 283 Å². The van der Waals surface area contributed by atoms with Gasteiger partial charge in [0.2, 0.25) is 0 Å². The smallest absolute Gasteiger partial charge is 0.176 e. The molecule has 0 unspecified atom stereocenters. The zero-order valence-corrected chi connectivity index (χ0v) is 28.4. The van der Waals surface area contributed by atoms with Crippen LogP contribution in [0.5, 0.6) is 0 Å². The summed E-state index contributed by atoms with van der Waals surface area (Å²) in [5, 5.41) is 14.0. The monoisotopic (exact) mass is 634 g/mol. The van der Waals surface area contributed by atoms with Gasteiger partial charge < -0.3 is 21.3 Å². The van der Waals surface area contributed by atoms with E-state index in [0.717, 1.165) is 33.9 Å². The molecule has 4 N–H and O–H groups in total. The second kappa shape index (κ2) is 14.3. The number of hydrogen-bond donors (Lipinski definition) is 4. The van der Waals surface area contributed by atoms with Crippen LogP contribution in [0.1, 0.15) is 48.9 Å². The molecule has 0 amide bonds. The van der Waals surface area contributed by atoms with E-state index >= 15 is 0 Å². The minimum absolute atomic E-state index is 0.643. The fraction of sp³-hybridized carbons (Fsp3) is 0.200. The van der Waals surface area contributed by atoms with Gasteiger partial charge in [-0.05, 0) is 89.1 Å². The van der Waals surface area contributed by atoms with Crippen LogP contribution in [-0.4, -0.2) is 23.3 Å². The molecule has 0 aliphatic carbocycles. The van der Waals surface area contributed by atoms with E-state index in [1.807, 2.05) is 0 Å². The van der Waals surface area contributed by atoms with E-state index in [9.17, 15) is 0 Å². The van der Waals surface area contributed by atoms with E-state index in [4.69, 9.17) is 20.0 Å². The lowest BCUT2D eigenvalue weighted by Gasteiger charge is -2.11. The molecule has 0 fully saturated rings. The van der Waals surface area contributed by atoms with Crippen molar-refractivity contribution in [3.8, 4) is 0 Å². The standard InChI is InChI=1S/C40H42N8/c1-7-33(35-45-37(41-29-17-9-25(3)10-18-29)38(46-35)42-30-19-11-26(4)12-20-30)34(8-2)36-47-39(43-31-21-13-27(5)14-22-31)40(48-36)44-32-23-15-28(6)16-24-32/h9-24H,7-8H2,1-6H3,(H,41,45)(H,42,46)(H,43,47)(H,44,48). The molecule has 8 heteroatoms. The Morgan fingerprint density at radius 3 is 0.771 bits per heavy atom. The number of rotatable bonds is 7. The highest BCUT2D eigenvalue weighted by Gasteiger charge is 2.26. The lowest BCUT2D eigenvalue weighted by molar-refractivity contribution is 0.953. The van der Waals surface area contributed by atoms with Crippen molar-refractivity contribution in [1.29, 1.82) is 0 Å². The second-order valence-electron chi connectivity index (χ2n) is 12.1. The molecule has 8 nitrogen and oxygen atoms in total. The number of nitrogens with zero attached hydrogens (tertiary/aromatic N) is 4. The minimum atomic E-state index is 0.643. The van der Waals surface area contributed by atoms with Crippen molar-refractivity contribution in [2.45, 2.75) is 54.4 Å². The summed E-state index contributed by atoms with van der Waals surface area (Å²) in [5.41, 5.74) is 10.5. The molecule has 0 radical (unpaired) electrons. The summed E-state index contributed by atoms with van der Waals surface area (Å²) in [4.78, 5) is 20.2. The van der Waals surface area contributed by atoms with E-state index in [-0.39, 0.29) is 0 Å². The molecule has 2 heterocycles. The number of amidine groups is 4. The molecule has 0 atom stereocenters. The van der Waals surface area contributed by atoms with Gasteiger partial charge in [0.05, 0.1) is 0 Å². The lowest BCUT2D eigenvalue weighted by Crippen LogP contribution is -2.27. The summed E-state index contributed by atoms with van der Waals surface area (Å²) in [6.45, 7) is 12.6. The van der Waals surface area contributed by atoms with Crippen molar-refractivity contribution in [1.82, 2.24) is 0 Å². The van der Waals surface area contributed by atoms with Gasteiger partial charge in [-0.25, -0.2) is 20.0 Å². The maximum absolute atomic E-state index is 5.06. The average molecular weight is 635 g/mol. The third-order valence-corrected chi connectivity index (χ3v) is 8.19. The van der Waals surface area contributed by atoms with Gasteiger partial charge in [0.1, 0.15) is 0 Å². The van der Waals surface area contributed by atoms with Crippen LogP contribution < -0.4 is 21.3 Å². The van der Waals surface area contributed by atoms with E-state index < -0.39 is 0 Å². The van der Waals surface area contributed by atoms with Crippen LogP contribution in [-0.2, 0) is 0 Å². The highest BCUT2D eigenvalue weighted by Crippen LogP contribution is 2.32. The Balaban J connectivity index is 1.42. The number of anilines is 4. The fourth-order valence-electron chi connectivity index (χ4n) is 5.41. The first-order valence-electron chi connectivity index (χ1n) is 16.4. The molecule has 0 aromatic heterocycles. The van der Waals surface area contributed by atoms with Crippen molar-refractivity contribution < 1.29 is 0 Å². The molecule has 48 heavy (non-hydrogen) atoms. The van der Waals surface area contributed by atoms with Gasteiger partial charge in [-0.3, -0.25) is 0 Å². The second-order valence-corrected chi connectivity index (χ2v) is 12.1. The Bertz CT molecular complexity index is 1700. The molecule has 0 saturated carbocycles. The van der Waals surface area contributed by atoms with Crippen molar-refractivity contribution in [2.24, 2.45) is 20.0 Å². The Morgan fingerprint density at radius 1 is 0.375 bits per heavy atom. The van der Waals surface area contributed by atoms with E-state index in [2.05, 4.69) is 160 Å². The van der Waals surface area contributed by atoms with Crippen molar-refractivity contribution in [3.05, 3.63) is 142 Å². The average Bonchev–Trinajstić information content (AvgIpc) is 3.66. The van der Waals surface area contributed by atoms with Crippen molar-refractivity contribution in [3.63, 3.8) is 0 Å². The lowest BCUT2D eigenvalue weighted by atomic mass is 10.0. The molecule has 6 rings (SSSR count). The highest BCUT2D eigenvalue weighted by molar-refractivity contribution is 6.50. The molecular formula is C40H42N8. The highest BCUT2D eigenvalue weighted by atomic mass is 15.2. The van der Waals surface area contributed by atoms with E-state index in [0.29, 0.717) is 47.8 Å². The molecule has 4 aromatic carbocycles. The van der Waals surface area contributed by atoms with Gasteiger partial charge in [0.25, 0.3) is 0 Å². The van der Waals surface area contributed by atoms with Gasteiger partial charge >= 0.3 is 0 Å². The predicted molar refractivity (Wildman–Crippen MR) is 204 cm³/mol. The number of aliphatic imine (C=N–C) groups is 4. The van der Waals surface area contributed by atoms with Crippen molar-refractivity contribution in [2.75, 3.05) is 21.3 Å². The van der Waals surface area contributed by atoms with Gasteiger partial charge in [0.15, 0.2) is 35.0 Å². The first-order chi connectivity index (χ1) is 23.3. The largest absolute Gasteiger partial charge is 0.337 e. The SMILES string of the molecule is CCC(=C1N=C(Nc2ccc(C)cc2)C(Nc2ccc(C)cc2)=N1)C(CC)=C1N=C(Nc2ccc(C)cc2)C(Nc2ccc(C)cc2)=N1. The number of benzene rings is 4. The number of nitrogens with one attached hydrogen (secondary N) is 4. The first-order valence-corrected chi connectivity index (χ1v) is 16.4. The number of hydrogen-bond acceptors (Lipinski definition) is 8. The third-order valence-electron chi connectivity index (χ3n) is 8.19. The Kier molecular flexibility index (Phi) is 9.62. The zero-order chi connectivity index (χ0) is 33.6. The predicted octanol–water partition coefficient (Wildman–Crippen LogP) is 9.53. The summed E-state index contributed by atoms with van der Waals surface area (Å²) in [6, 6.07) is 33.1. The maximum Gasteiger partial charge on any atom is 0.176 e. The Hall–Kier alpha value is -5.76. The van der Waals surface area contributed by atoms with Crippen molar-refractivity contribution >= 4 is 46.1 Å². The van der Waals surface area contributed by atoms with Gasteiger partial charge in [-0.15, -0.1) is 0 Å². The topological polar surface area (TPSA) is 97.6 Å². The molecule has 2 aliphatic rings. The molecular weight excluding hydrogens is 592 g/mol. The maximum atomic E-state index is 5.06. The molecule has 0 saturated heterocycles. The molecule has 0 bridgehead atoms. The summed E-state index contributed by atoms with van der Waals surface area (Å²) in [5.74, 6) is 3.91. The zero-order valence-electron chi connectivity index (χ0n) is 28.4. The van der Waals surface area contributed by atoms with Crippen LogP contribution in [0.2, 0.25) is 0 Å². The molecule has 2 aliphatic heterocycles. The van der Waals surface area contributed by atoms with Gasteiger partial charge in [-0.1, -0.05) is 84.6 Å². The van der Waals surface area contributed by atoms with E-state index in [1.54, 1.807) is 0 Å². The molecule has 0 spiro atoms. The first kappa shape index (κ1) is 32.2. The Morgan fingerprint density at radius 2 is 0.583 bits per heavy atom. The summed E-state index contributed by atoms with van der Waals surface area (Å²) in [6.07, 6.45) is 1.41. The minimum Gasteiger partial charge on any atom is -0.337 e. The summed E-state index contributed by atoms with van der Waals surface area (Å²) < 4.78 is 0. The fourth-order valence-corrected chi connectivity index (χ4v) is 5.41.